The van der Waals surface area contributed by atoms with Crippen molar-refractivity contribution < 1.29 is 0 Å². The molecule has 4 nitrogen and oxygen atoms in total. The molecule has 88 valence electrons. The Bertz CT molecular complexity index is 612. The van der Waals surface area contributed by atoms with Gasteiger partial charge in [0, 0.05) is 5.02 Å². The zero-order chi connectivity index (χ0) is 12.4. The number of aromatic amines is 1. The van der Waals surface area contributed by atoms with E-state index in [0.29, 0.717) is 15.7 Å². The number of rotatable bonds is 2. The molecule has 0 fully saturated rings. The van der Waals surface area contributed by atoms with Gasteiger partial charge >= 0.3 is 0 Å². The third-order valence-corrected chi connectivity index (χ3v) is 2.88. The lowest BCUT2D eigenvalue weighted by Gasteiger charge is -2.08. The van der Waals surface area contributed by atoms with Crippen LogP contribution in [0.5, 0.6) is 0 Å². The van der Waals surface area contributed by atoms with E-state index in [9.17, 15) is 4.79 Å². The van der Waals surface area contributed by atoms with E-state index in [4.69, 9.17) is 34.8 Å². The Morgan fingerprint density at radius 1 is 1.24 bits per heavy atom. The summed E-state index contributed by atoms with van der Waals surface area (Å²) in [5.74, 6) is 0.236. The third-order valence-electron chi connectivity index (χ3n) is 1.98. The topological polar surface area (TPSA) is 57.8 Å². The van der Waals surface area contributed by atoms with Crippen molar-refractivity contribution in [2.75, 3.05) is 5.32 Å². The highest BCUT2D eigenvalue weighted by atomic mass is 35.5. The van der Waals surface area contributed by atoms with E-state index >= 15 is 0 Å². The number of nitrogens with zero attached hydrogens (tertiary/aromatic N) is 1. The van der Waals surface area contributed by atoms with E-state index in [1.807, 2.05) is 0 Å². The maximum Gasteiger partial charge on any atom is 0.271 e. The number of benzene rings is 1. The Labute approximate surface area is 112 Å². The lowest BCUT2D eigenvalue weighted by Crippen LogP contribution is -2.09. The molecule has 0 bridgehead atoms. The van der Waals surface area contributed by atoms with Crippen molar-refractivity contribution in [1.82, 2.24) is 9.97 Å². The summed E-state index contributed by atoms with van der Waals surface area (Å²) in [6.07, 6.45) is 1.25. The second kappa shape index (κ2) is 4.96. The number of hydrogen-bond donors (Lipinski definition) is 2. The average molecular weight is 291 g/mol. The minimum absolute atomic E-state index is 0.0292. The minimum Gasteiger partial charge on any atom is -0.338 e. The molecule has 17 heavy (non-hydrogen) atoms. The molecule has 2 N–H and O–H groups in total. The van der Waals surface area contributed by atoms with Crippen LogP contribution in [-0.4, -0.2) is 9.97 Å². The Balaban J connectivity index is 2.38. The Morgan fingerprint density at radius 3 is 2.71 bits per heavy atom. The number of anilines is 2. The van der Waals surface area contributed by atoms with Crippen molar-refractivity contribution in [3.63, 3.8) is 0 Å². The van der Waals surface area contributed by atoms with Crippen molar-refractivity contribution >= 4 is 46.3 Å². The summed E-state index contributed by atoms with van der Waals surface area (Å²) in [4.78, 5) is 17.5. The fraction of sp³-hybridized carbons (Fsp3) is 0. The average Bonchev–Trinajstić information content (AvgIpc) is 2.28. The highest BCUT2D eigenvalue weighted by Gasteiger charge is 2.08. The fourth-order valence-corrected chi connectivity index (χ4v) is 1.79. The van der Waals surface area contributed by atoms with Crippen LogP contribution in [0, 0.1) is 0 Å². The van der Waals surface area contributed by atoms with Gasteiger partial charge in [-0.25, -0.2) is 4.98 Å². The fourth-order valence-electron chi connectivity index (χ4n) is 1.19. The SMILES string of the molecule is O=c1[nH]cnc(Nc2ccc(Cl)cc2Cl)c1Cl. The standard InChI is InChI=1S/C10H6Cl3N3O/c11-5-1-2-7(6(12)3-5)16-9-8(13)10(17)15-4-14-9/h1-4H,(H2,14,15,16,17). The van der Waals surface area contributed by atoms with Crippen molar-refractivity contribution in [3.05, 3.63) is 49.9 Å². The quantitative estimate of drug-likeness (QED) is 0.890. The van der Waals surface area contributed by atoms with Crippen molar-refractivity contribution in [2.24, 2.45) is 0 Å². The van der Waals surface area contributed by atoms with Gasteiger partial charge in [-0.05, 0) is 18.2 Å². The number of H-pyrrole nitrogens is 1. The van der Waals surface area contributed by atoms with E-state index < -0.39 is 5.56 Å². The lowest BCUT2D eigenvalue weighted by atomic mass is 10.3. The Kier molecular flexibility index (Phi) is 3.57. The van der Waals surface area contributed by atoms with Gasteiger partial charge in [-0.1, -0.05) is 34.8 Å². The first-order chi connectivity index (χ1) is 8.08. The monoisotopic (exact) mass is 289 g/mol. The summed E-state index contributed by atoms with van der Waals surface area (Å²) in [5, 5.41) is 3.76. The largest absolute Gasteiger partial charge is 0.338 e. The van der Waals surface area contributed by atoms with Crippen molar-refractivity contribution in [1.29, 1.82) is 0 Å². The molecule has 0 radical (unpaired) electrons. The smallest absolute Gasteiger partial charge is 0.271 e. The first-order valence-corrected chi connectivity index (χ1v) is 5.66. The molecule has 0 amide bonds. The van der Waals surface area contributed by atoms with Gasteiger partial charge in [0.2, 0.25) is 0 Å². The normalized spacial score (nSPS) is 10.3. The maximum atomic E-state index is 11.2. The molecule has 2 rings (SSSR count). The highest BCUT2D eigenvalue weighted by molar-refractivity contribution is 6.36. The zero-order valence-electron chi connectivity index (χ0n) is 8.30. The maximum absolute atomic E-state index is 11.2. The van der Waals surface area contributed by atoms with Gasteiger partial charge in [-0.15, -0.1) is 0 Å². The van der Waals surface area contributed by atoms with Crippen LogP contribution in [0.2, 0.25) is 15.1 Å². The van der Waals surface area contributed by atoms with Gasteiger partial charge in [-0.2, -0.15) is 0 Å². The molecule has 0 aliphatic heterocycles. The van der Waals surface area contributed by atoms with E-state index in [1.165, 1.54) is 6.33 Å². The van der Waals surface area contributed by atoms with E-state index in [-0.39, 0.29) is 10.8 Å². The molecule has 0 atom stereocenters. The van der Waals surface area contributed by atoms with Crippen LogP contribution in [0.25, 0.3) is 0 Å². The van der Waals surface area contributed by atoms with Crippen LogP contribution in [0.15, 0.2) is 29.3 Å². The summed E-state index contributed by atoms with van der Waals surface area (Å²) in [5.41, 5.74) is 0.144. The summed E-state index contributed by atoms with van der Waals surface area (Å²) < 4.78 is 0. The molecule has 0 unspecified atom stereocenters. The molecule has 1 heterocycles. The molecular formula is C10H6Cl3N3O. The van der Waals surface area contributed by atoms with Gasteiger partial charge in [0.1, 0.15) is 5.02 Å². The molecule has 0 aliphatic rings. The Hall–Kier alpha value is -1.23. The van der Waals surface area contributed by atoms with Crippen LogP contribution in [0.3, 0.4) is 0 Å². The van der Waals surface area contributed by atoms with Gasteiger partial charge in [0.25, 0.3) is 5.56 Å². The molecule has 0 saturated heterocycles. The molecular weight excluding hydrogens is 284 g/mol. The Morgan fingerprint density at radius 2 is 2.00 bits per heavy atom. The van der Waals surface area contributed by atoms with Crippen molar-refractivity contribution in [3.8, 4) is 0 Å². The van der Waals surface area contributed by atoms with Crippen LogP contribution in [-0.2, 0) is 0 Å². The van der Waals surface area contributed by atoms with E-state index in [2.05, 4.69) is 15.3 Å². The summed E-state index contributed by atoms with van der Waals surface area (Å²) in [6, 6.07) is 4.91. The van der Waals surface area contributed by atoms with Gasteiger partial charge in [0.15, 0.2) is 5.82 Å². The molecule has 2 aromatic rings. The van der Waals surface area contributed by atoms with Crippen molar-refractivity contribution in [2.45, 2.75) is 0 Å². The van der Waals surface area contributed by atoms with Gasteiger partial charge in [0.05, 0.1) is 17.0 Å². The lowest BCUT2D eigenvalue weighted by molar-refractivity contribution is 1.12. The first-order valence-electron chi connectivity index (χ1n) is 4.53. The summed E-state index contributed by atoms with van der Waals surface area (Å²) in [7, 11) is 0. The molecule has 0 spiro atoms. The third kappa shape index (κ3) is 2.72. The number of nitrogens with one attached hydrogen (secondary N) is 2. The predicted molar refractivity (Wildman–Crippen MR) is 69.6 cm³/mol. The molecule has 0 aliphatic carbocycles. The number of halogens is 3. The second-order valence-electron chi connectivity index (χ2n) is 3.14. The molecule has 1 aromatic carbocycles. The predicted octanol–water partition coefficient (Wildman–Crippen LogP) is 3.47. The van der Waals surface area contributed by atoms with E-state index in [1.54, 1.807) is 18.2 Å². The first kappa shape index (κ1) is 12.2. The van der Waals surface area contributed by atoms with Gasteiger partial charge in [-0.3, -0.25) is 4.79 Å². The highest BCUT2D eigenvalue weighted by Crippen LogP contribution is 2.28. The number of hydrogen-bond acceptors (Lipinski definition) is 3. The molecule has 7 heteroatoms. The summed E-state index contributed by atoms with van der Waals surface area (Å²) in [6.45, 7) is 0. The minimum atomic E-state index is -0.422. The zero-order valence-corrected chi connectivity index (χ0v) is 10.6. The number of aromatic nitrogens is 2. The summed E-state index contributed by atoms with van der Waals surface area (Å²) >= 11 is 17.5. The second-order valence-corrected chi connectivity index (χ2v) is 4.37. The molecule has 0 saturated carbocycles. The van der Waals surface area contributed by atoms with Crippen LogP contribution in [0.1, 0.15) is 0 Å². The van der Waals surface area contributed by atoms with Gasteiger partial charge < -0.3 is 10.3 Å². The molecule has 1 aromatic heterocycles. The van der Waals surface area contributed by atoms with Crippen LogP contribution < -0.4 is 10.9 Å². The van der Waals surface area contributed by atoms with E-state index in [0.717, 1.165) is 0 Å². The van der Waals surface area contributed by atoms with Crippen LogP contribution >= 0.6 is 34.8 Å². The van der Waals surface area contributed by atoms with Crippen LogP contribution in [0.4, 0.5) is 11.5 Å².